The largest absolute Gasteiger partial charge is 0.383 e. The topological polar surface area (TPSA) is 58.6 Å². The molecule has 2 heterocycles. The van der Waals surface area contributed by atoms with E-state index >= 15 is 0 Å². The molecule has 1 aromatic heterocycles. The molecule has 2 aromatic rings. The summed E-state index contributed by atoms with van der Waals surface area (Å²) < 4.78 is 5.13. The second kappa shape index (κ2) is 8.67. The number of nitrogens with one attached hydrogen (secondary N) is 1. The fourth-order valence-corrected chi connectivity index (χ4v) is 4.48. The number of nitrogens with zero attached hydrogens (tertiary/aromatic N) is 1. The third-order valence-corrected chi connectivity index (χ3v) is 5.83. The number of hydrogen-bond donors (Lipinski definition) is 1. The Morgan fingerprint density at radius 1 is 1.33 bits per heavy atom. The predicted molar refractivity (Wildman–Crippen MR) is 108 cm³/mol. The van der Waals surface area contributed by atoms with Gasteiger partial charge in [0.15, 0.2) is 0 Å². The van der Waals surface area contributed by atoms with Crippen molar-refractivity contribution < 1.29 is 14.3 Å². The Kier molecular flexibility index (Phi) is 6.29. The molecule has 1 N–H and O–H groups in total. The average Bonchev–Trinajstić information content (AvgIpc) is 3.16. The smallest absolute Gasteiger partial charge is 0.227 e. The highest BCUT2D eigenvalue weighted by molar-refractivity contribution is 7.10. The molecule has 27 heavy (non-hydrogen) atoms. The Bertz CT molecular complexity index is 773. The van der Waals surface area contributed by atoms with Gasteiger partial charge in [0.1, 0.15) is 0 Å². The van der Waals surface area contributed by atoms with E-state index in [0.29, 0.717) is 19.4 Å². The molecule has 1 aromatic carbocycles. The molecule has 1 aliphatic heterocycles. The van der Waals surface area contributed by atoms with Gasteiger partial charge >= 0.3 is 0 Å². The first-order valence-corrected chi connectivity index (χ1v) is 10.1. The molecule has 3 rings (SSSR count). The van der Waals surface area contributed by atoms with Crippen molar-refractivity contribution in [1.29, 1.82) is 0 Å². The van der Waals surface area contributed by atoms with Crippen LogP contribution in [0.15, 0.2) is 41.8 Å². The molecule has 6 heteroatoms. The number of thiophene rings is 1. The molecule has 0 bridgehead atoms. The molecule has 1 saturated heterocycles. The van der Waals surface area contributed by atoms with Gasteiger partial charge in [0.25, 0.3) is 0 Å². The second-order valence-electron chi connectivity index (χ2n) is 7.07. The predicted octanol–water partition coefficient (Wildman–Crippen LogP) is 3.69. The van der Waals surface area contributed by atoms with Crippen LogP contribution in [0.5, 0.6) is 0 Å². The highest BCUT2D eigenvalue weighted by atomic mass is 32.1. The zero-order chi connectivity index (χ0) is 19.4. The summed E-state index contributed by atoms with van der Waals surface area (Å²) in [7, 11) is 1.62. The number of aryl methyl sites for hydroxylation is 1. The highest BCUT2D eigenvalue weighted by Gasteiger charge is 2.42. The molecule has 0 radical (unpaired) electrons. The summed E-state index contributed by atoms with van der Waals surface area (Å²) in [5, 5.41) is 5.03. The normalized spacial score (nSPS) is 21.1. The summed E-state index contributed by atoms with van der Waals surface area (Å²) in [6.07, 6.45) is 0.918. The maximum Gasteiger partial charge on any atom is 0.227 e. The monoisotopic (exact) mass is 386 g/mol. The molecule has 3 atom stereocenters. The molecule has 1 fully saturated rings. The third kappa shape index (κ3) is 4.39. The van der Waals surface area contributed by atoms with Crippen LogP contribution in [0, 0.1) is 12.8 Å². The van der Waals surface area contributed by atoms with Gasteiger partial charge in [-0.3, -0.25) is 9.59 Å². The number of hydrogen-bond acceptors (Lipinski definition) is 4. The minimum Gasteiger partial charge on any atom is -0.383 e. The van der Waals surface area contributed by atoms with Crippen molar-refractivity contribution in [3.05, 3.63) is 52.2 Å². The minimum absolute atomic E-state index is 0.0254. The van der Waals surface area contributed by atoms with Crippen LogP contribution in [0.1, 0.15) is 36.2 Å². The fraction of sp³-hybridized carbons (Fsp3) is 0.429. The summed E-state index contributed by atoms with van der Waals surface area (Å²) in [5.74, 6) is -0.254. The maximum atomic E-state index is 13.0. The van der Waals surface area contributed by atoms with Crippen LogP contribution >= 0.6 is 11.3 Å². The SMILES string of the molecule is COC[C@H](C)NC(=O)[C@H]1CCC(=O)N(c2ccc(C)cc2)[C@@H]1c1cccs1. The van der Waals surface area contributed by atoms with Crippen LogP contribution < -0.4 is 10.2 Å². The van der Waals surface area contributed by atoms with Crippen LogP contribution in [0.25, 0.3) is 0 Å². The number of carbonyl (C=O) groups excluding carboxylic acids is 2. The number of amides is 2. The summed E-state index contributed by atoms with van der Waals surface area (Å²) >= 11 is 1.58. The van der Waals surface area contributed by atoms with Gasteiger partial charge in [-0.15, -0.1) is 11.3 Å². The number of methoxy groups -OCH3 is 1. The average molecular weight is 387 g/mol. The van der Waals surface area contributed by atoms with E-state index in [-0.39, 0.29) is 29.8 Å². The number of benzene rings is 1. The molecule has 5 nitrogen and oxygen atoms in total. The van der Waals surface area contributed by atoms with Crippen LogP contribution in [0.2, 0.25) is 0 Å². The summed E-state index contributed by atoms with van der Waals surface area (Å²) in [6, 6.07) is 11.5. The molecule has 144 valence electrons. The number of carbonyl (C=O) groups is 2. The van der Waals surface area contributed by atoms with Crippen molar-refractivity contribution >= 4 is 28.8 Å². The first kappa shape index (κ1) is 19.6. The Balaban J connectivity index is 1.94. The van der Waals surface area contributed by atoms with Gasteiger partial charge in [0.2, 0.25) is 11.8 Å². The maximum absolute atomic E-state index is 13.0. The van der Waals surface area contributed by atoms with Gasteiger partial charge in [0, 0.05) is 30.1 Å². The van der Waals surface area contributed by atoms with Crippen molar-refractivity contribution in [3.8, 4) is 0 Å². The summed E-state index contributed by atoms with van der Waals surface area (Å²) in [6.45, 7) is 4.40. The number of ether oxygens (including phenoxy) is 1. The number of piperidine rings is 1. The molecular weight excluding hydrogens is 360 g/mol. The quantitative estimate of drug-likeness (QED) is 0.824. The van der Waals surface area contributed by atoms with E-state index in [1.54, 1.807) is 23.3 Å². The molecule has 0 spiro atoms. The Labute approximate surface area is 164 Å². The molecule has 0 unspecified atom stereocenters. The molecular formula is C21H26N2O3S. The van der Waals surface area contributed by atoms with Gasteiger partial charge in [-0.1, -0.05) is 23.8 Å². The van der Waals surface area contributed by atoms with Crippen LogP contribution in [0.3, 0.4) is 0 Å². The molecule has 1 aliphatic rings. The van der Waals surface area contributed by atoms with Crippen molar-refractivity contribution in [2.24, 2.45) is 5.92 Å². The Morgan fingerprint density at radius 3 is 2.70 bits per heavy atom. The van der Waals surface area contributed by atoms with E-state index in [1.807, 2.05) is 55.6 Å². The van der Waals surface area contributed by atoms with E-state index in [2.05, 4.69) is 5.32 Å². The number of rotatable bonds is 6. The first-order valence-electron chi connectivity index (χ1n) is 9.22. The molecule has 0 saturated carbocycles. The second-order valence-corrected chi connectivity index (χ2v) is 8.05. The lowest BCUT2D eigenvalue weighted by atomic mass is 9.86. The van der Waals surface area contributed by atoms with Gasteiger partial charge in [-0.05, 0) is 43.8 Å². The van der Waals surface area contributed by atoms with Gasteiger partial charge in [-0.2, -0.15) is 0 Å². The number of anilines is 1. The third-order valence-electron chi connectivity index (χ3n) is 4.89. The van der Waals surface area contributed by atoms with E-state index in [1.165, 1.54) is 0 Å². The van der Waals surface area contributed by atoms with E-state index < -0.39 is 0 Å². The minimum atomic E-state index is -0.290. The van der Waals surface area contributed by atoms with E-state index in [9.17, 15) is 9.59 Å². The van der Waals surface area contributed by atoms with Crippen molar-refractivity contribution in [3.63, 3.8) is 0 Å². The van der Waals surface area contributed by atoms with E-state index in [4.69, 9.17) is 4.74 Å². The van der Waals surface area contributed by atoms with E-state index in [0.717, 1.165) is 16.1 Å². The van der Waals surface area contributed by atoms with Crippen molar-refractivity contribution in [1.82, 2.24) is 5.32 Å². The lowest BCUT2D eigenvalue weighted by molar-refractivity contribution is -0.130. The van der Waals surface area contributed by atoms with Crippen molar-refractivity contribution in [2.75, 3.05) is 18.6 Å². The molecule has 0 aliphatic carbocycles. The molecule has 2 amide bonds. The van der Waals surface area contributed by atoms with Gasteiger partial charge in [0.05, 0.1) is 18.6 Å². The zero-order valence-corrected chi connectivity index (χ0v) is 16.8. The zero-order valence-electron chi connectivity index (χ0n) is 16.0. The standard InChI is InChI=1S/C21H26N2O3S/c1-14-6-8-16(9-7-14)23-19(24)11-10-17(20(23)18-5-4-12-27-18)21(25)22-15(2)13-26-3/h4-9,12,15,17,20H,10-11,13H2,1-3H3,(H,22,25)/t15-,17-,20-/m0/s1. The van der Waals surface area contributed by atoms with Crippen LogP contribution in [-0.2, 0) is 14.3 Å². The van der Waals surface area contributed by atoms with Crippen LogP contribution in [-0.4, -0.2) is 31.6 Å². The van der Waals surface area contributed by atoms with Crippen molar-refractivity contribution in [2.45, 2.75) is 38.8 Å². The summed E-state index contributed by atoms with van der Waals surface area (Å²) in [5.41, 5.74) is 1.98. The Morgan fingerprint density at radius 2 is 2.07 bits per heavy atom. The fourth-order valence-electron chi connectivity index (χ4n) is 3.60. The first-order chi connectivity index (χ1) is 13.0. The van der Waals surface area contributed by atoms with Gasteiger partial charge < -0.3 is 15.0 Å². The Hall–Kier alpha value is -2.18. The lowest BCUT2D eigenvalue weighted by Crippen LogP contribution is -2.50. The highest BCUT2D eigenvalue weighted by Crippen LogP contribution is 2.41. The summed E-state index contributed by atoms with van der Waals surface area (Å²) in [4.78, 5) is 28.7. The lowest BCUT2D eigenvalue weighted by Gasteiger charge is -2.40. The van der Waals surface area contributed by atoms with Crippen LogP contribution in [0.4, 0.5) is 5.69 Å². The van der Waals surface area contributed by atoms with Gasteiger partial charge in [-0.25, -0.2) is 0 Å².